The maximum absolute atomic E-state index is 13.2. The number of alkyl halides is 6. The minimum Gasteiger partial charge on any atom is -0.371 e. The van der Waals surface area contributed by atoms with Gasteiger partial charge in [-0.05, 0) is 67.3 Å². The molecule has 0 amide bonds. The highest BCUT2D eigenvalue weighted by Crippen LogP contribution is 2.41. The molecular weight excluding hydrogens is 522 g/mol. The summed E-state index contributed by atoms with van der Waals surface area (Å²) >= 11 is 0. The van der Waals surface area contributed by atoms with Crippen LogP contribution in [0.2, 0.25) is 0 Å². The van der Waals surface area contributed by atoms with E-state index in [1.165, 1.54) is 18.3 Å². The first-order valence-electron chi connectivity index (χ1n) is 13.2. The van der Waals surface area contributed by atoms with Gasteiger partial charge in [0.1, 0.15) is 11.5 Å². The molecule has 4 atom stereocenters. The standard InChI is InChI=1S/C27H28F6N6/c28-26(29,30)19-8-6-16(7-9-19)21-3-1-2-12-39-24(21)36-25(37-39)35-23-17-4-5-18(23)15-38(14-17)20-10-11-34-22(13-20)27(31,32)33/h6-11,13,17-18,21,23H,1-5,12,14-15H2,(H,35,37)/t17-,18+,21?,23?. The van der Waals surface area contributed by atoms with Crippen molar-refractivity contribution in [1.82, 2.24) is 19.7 Å². The molecule has 1 N–H and O–H groups in total. The Kier molecular flexibility index (Phi) is 6.46. The number of halogens is 6. The van der Waals surface area contributed by atoms with Crippen molar-refractivity contribution in [2.75, 3.05) is 23.3 Å². The number of anilines is 2. The molecule has 1 saturated heterocycles. The number of aromatic nitrogens is 4. The summed E-state index contributed by atoms with van der Waals surface area (Å²) in [5.41, 5.74) is -0.251. The fraction of sp³-hybridized carbons (Fsp3) is 0.519. The van der Waals surface area contributed by atoms with Crippen LogP contribution < -0.4 is 10.2 Å². The first-order chi connectivity index (χ1) is 18.6. The number of nitrogens with one attached hydrogen (secondary N) is 1. The normalized spacial score (nSPS) is 25.3. The van der Waals surface area contributed by atoms with Gasteiger partial charge in [-0.1, -0.05) is 18.6 Å². The second kappa shape index (κ2) is 9.71. The summed E-state index contributed by atoms with van der Waals surface area (Å²) in [5.74, 6) is 1.55. The number of hydrogen-bond acceptors (Lipinski definition) is 5. The fourth-order valence-electron chi connectivity index (χ4n) is 6.39. The maximum atomic E-state index is 13.2. The summed E-state index contributed by atoms with van der Waals surface area (Å²) in [4.78, 5) is 10.3. The van der Waals surface area contributed by atoms with Gasteiger partial charge in [-0.25, -0.2) is 4.68 Å². The van der Waals surface area contributed by atoms with Gasteiger partial charge in [0.25, 0.3) is 0 Å². The van der Waals surface area contributed by atoms with E-state index < -0.39 is 23.6 Å². The number of rotatable bonds is 4. The Morgan fingerprint density at radius 1 is 0.846 bits per heavy atom. The highest BCUT2D eigenvalue weighted by Gasteiger charge is 2.43. The number of benzene rings is 1. The topological polar surface area (TPSA) is 58.9 Å². The van der Waals surface area contributed by atoms with Crippen LogP contribution in [0.4, 0.5) is 38.0 Å². The second-order valence-corrected chi connectivity index (χ2v) is 10.8. The lowest BCUT2D eigenvalue weighted by atomic mass is 9.91. The largest absolute Gasteiger partial charge is 0.433 e. The lowest BCUT2D eigenvalue weighted by Gasteiger charge is -2.39. The van der Waals surface area contributed by atoms with Crippen LogP contribution in [0.25, 0.3) is 0 Å². The first kappa shape index (κ1) is 25.9. The predicted octanol–water partition coefficient (Wildman–Crippen LogP) is 6.35. The van der Waals surface area contributed by atoms with E-state index in [-0.39, 0.29) is 23.8 Å². The molecule has 6 nitrogen and oxygen atoms in total. The molecule has 4 heterocycles. The van der Waals surface area contributed by atoms with Crippen LogP contribution in [0.15, 0.2) is 42.6 Å². The molecular formula is C27H28F6N6. The number of nitrogens with zero attached hydrogens (tertiary/aromatic N) is 5. The molecule has 6 rings (SSSR count). The molecule has 208 valence electrons. The van der Waals surface area contributed by atoms with Gasteiger partial charge in [0.05, 0.1) is 5.56 Å². The Morgan fingerprint density at radius 3 is 2.23 bits per heavy atom. The van der Waals surface area contributed by atoms with E-state index in [1.807, 2.05) is 9.58 Å². The Balaban J connectivity index is 1.19. The number of piperidine rings is 1. The van der Waals surface area contributed by atoms with E-state index in [1.54, 1.807) is 6.07 Å². The highest BCUT2D eigenvalue weighted by molar-refractivity contribution is 5.49. The Hall–Kier alpha value is -3.31. The average Bonchev–Trinajstić information content (AvgIpc) is 3.30. The van der Waals surface area contributed by atoms with Crippen molar-refractivity contribution < 1.29 is 26.3 Å². The van der Waals surface area contributed by atoms with Gasteiger partial charge < -0.3 is 10.2 Å². The van der Waals surface area contributed by atoms with Crippen molar-refractivity contribution in [3.63, 3.8) is 0 Å². The predicted molar refractivity (Wildman–Crippen MR) is 132 cm³/mol. The minimum absolute atomic E-state index is 0.0985. The van der Waals surface area contributed by atoms with Gasteiger partial charge in [-0.3, -0.25) is 4.98 Å². The van der Waals surface area contributed by atoms with Crippen molar-refractivity contribution in [1.29, 1.82) is 0 Å². The van der Waals surface area contributed by atoms with E-state index in [0.717, 1.165) is 61.7 Å². The molecule has 0 spiro atoms. The molecule has 2 aliphatic heterocycles. The van der Waals surface area contributed by atoms with E-state index >= 15 is 0 Å². The van der Waals surface area contributed by atoms with Crippen LogP contribution in [0.3, 0.4) is 0 Å². The zero-order valence-corrected chi connectivity index (χ0v) is 21.0. The fourth-order valence-corrected chi connectivity index (χ4v) is 6.39. The van der Waals surface area contributed by atoms with Gasteiger partial charge >= 0.3 is 12.4 Å². The third-order valence-corrected chi connectivity index (χ3v) is 8.29. The monoisotopic (exact) mass is 550 g/mol. The van der Waals surface area contributed by atoms with Crippen LogP contribution in [0, 0.1) is 11.8 Å². The van der Waals surface area contributed by atoms with Gasteiger partial charge in [0, 0.05) is 43.5 Å². The molecule has 2 aromatic heterocycles. The summed E-state index contributed by atoms with van der Waals surface area (Å²) < 4.78 is 80.6. The van der Waals surface area contributed by atoms with Gasteiger partial charge in [0.2, 0.25) is 5.95 Å². The Labute approximate surface area is 221 Å². The summed E-state index contributed by atoms with van der Waals surface area (Å²) in [6, 6.07) is 8.13. The van der Waals surface area contributed by atoms with E-state index in [2.05, 4.69) is 10.3 Å². The minimum atomic E-state index is -4.49. The molecule has 1 saturated carbocycles. The Morgan fingerprint density at radius 2 is 1.56 bits per heavy atom. The lowest BCUT2D eigenvalue weighted by molar-refractivity contribution is -0.141. The van der Waals surface area contributed by atoms with Crippen molar-refractivity contribution in [2.24, 2.45) is 11.8 Å². The number of fused-ring (bicyclic) bond motifs is 3. The lowest BCUT2D eigenvalue weighted by Crippen LogP contribution is -2.48. The van der Waals surface area contributed by atoms with Gasteiger partial charge in [0.15, 0.2) is 0 Å². The summed E-state index contributed by atoms with van der Waals surface area (Å²) in [5, 5.41) is 8.24. The van der Waals surface area contributed by atoms with Crippen LogP contribution >= 0.6 is 0 Å². The molecule has 12 heteroatoms. The number of aryl methyl sites for hydroxylation is 1. The third kappa shape index (κ3) is 5.17. The molecule has 3 aliphatic rings. The van der Waals surface area contributed by atoms with Crippen LogP contribution in [0.5, 0.6) is 0 Å². The summed E-state index contributed by atoms with van der Waals surface area (Å²) in [6.45, 7) is 1.93. The van der Waals surface area contributed by atoms with E-state index in [0.29, 0.717) is 31.3 Å². The van der Waals surface area contributed by atoms with Crippen molar-refractivity contribution in [3.8, 4) is 0 Å². The van der Waals surface area contributed by atoms with Crippen LogP contribution in [0.1, 0.15) is 60.7 Å². The first-order valence-corrected chi connectivity index (χ1v) is 13.2. The zero-order valence-electron chi connectivity index (χ0n) is 21.0. The number of hydrogen-bond donors (Lipinski definition) is 1. The van der Waals surface area contributed by atoms with E-state index in [9.17, 15) is 26.3 Å². The maximum Gasteiger partial charge on any atom is 0.433 e. The second-order valence-electron chi connectivity index (χ2n) is 10.8. The highest BCUT2D eigenvalue weighted by atomic mass is 19.4. The molecule has 3 aromatic rings. The van der Waals surface area contributed by atoms with Crippen LogP contribution in [-0.4, -0.2) is 38.9 Å². The van der Waals surface area contributed by atoms with Gasteiger partial charge in [-0.15, -0.1) is 5.10 Å². The van der Waals surface area contributed by atoms with Crippen molar-refractivity contribution in [2.45, 2.75) is 63.0 Å². The SMILES string of the molecule is FC(F)(F)c1ccc(C2CCCCn3nc(NC4[C@@H]5CC[C@H]4CN(c4ccnc(C(F)(F)F)c4)C5)nc32)cc1. The van der Waals surface area contributed by atoms with Crippen molar-refractivity contribution in [3.05, 3.63) is 65.2 Å². The average molecular weight is 551 g/mol. The molecule has 0 radical (unpaired) electrons. The smallest absolute Gasteiger partial charge is 0.371 e. The van der Waals surface area contributed by atoms with Crippen LogP contribution in [-0.2, 0) is 18.9 Å². The molecule has 1 aromatic carbocycles. The van der Waals surface area contributed by atoms with Crippen molar-refractivity contribution >= 4 is 11.6 Å². The quantitative estimate of drug-likeness (QED) is 0.384. The van der Waals surface area contributed by atoms with Gasteiger partial charge in [-0.2, -0.15) is 31.3 Å². The third-order valence-electron chi connectivity index (χ3n) is 8.29. The summed E-state index contributed by atoms with van der Waals surface area (Å²) in [7, 11) is 0. The molecule has 2 unspecified atom stereocenters. The molecule has 2 fully saturated rings. The Bertz CT molecular complexity index is 1300. The number of pyridine rings is 1. The zero-order chi connectivity index (χ0) is 27.4. The molecule has 39 heavy (non-hydrogen) atoms. The molecule has 2 bridgehead atoms. The molecule has 1 aliphatic carbocycles. The van der Waals surface area contributed by atoms with E-state index in [4.69, 9.17) is 10.1 Å². The summed E-state index contributed by atoms with van der Waals surface area (Å²) in [6.07, 6.45) is -3.15.